The van der Waals surface area contributed by atoms with Crippen molar-refractivity contribution >= 4 is 11.9 Å². The summed E-state index contributed by atoms with van der Waals surface area (Å²) < 4.78 is 11.8. The van der Waals surface area contributed by atoms with Gasteiger partial charge in [-0.3, -0.25) is 4.79 Å². The number of benzene rings is 1. The number of carbonyl (C=O) groups is 2. The largest absolute Gasteiger partial charge is 0.464 e. The van der Waals surface area contributed by atoms with Crippen LogP contribution in [-0.4, -0.2) is 47.5 Å². The Morgan fingerprint density at radius 3 is 2.76 bits per heavy atom. The second-order valence-corrected chi connectivity index (χ2v) is 5.97. The number of nitrogens with zero attached hydrogens (tertiary/aromatic N) is 2. The highest BCUT2D eigenvalue weighted by Gasteiger charge is 2.26. The van der Waals surface area contributed by atoms with Gasteiger partial charge in [0.1, 0.15) is 5.69 Å². The molecular formula is C18H21N3O4. The molecule has 25 heavy (non-hydrogen) atoms. The predicted octanol–water partition coefficient (Wildman–Crippen LogP) is 1.96. The van der Waals surface area contributed by atoms with Gasteiger partial charge in [0.25, 0.3) is 5.91 Å². The highest BCUT2D eigenvalue weighted by Crippen LogP contribution is 2.17. The van der Waals surface area contributed by atoms with E-state index in [1.54, 1.807) is 0 Å². The molecule has 1 amide bonds. The standard InChI is InChI=1S/C18H21N3O4/c1-12(16-9-6-10-25-16)19-17(22)15-11-14(18(23)24-2)20-21(15)13-7-4-3-5-8-13/h3-5,7-8,11-12,16H,6,9-10H2,1-2H3,(H,19,22)/t12-,16+/m0/s1. The molecule has 1 aliphatic heterocycles. The molecule has 0 bridgehead atoms. The Kier molecular flexibility index (Phi) is 5.14. The van der Waals surface area contributed by atoms with Crippen molar-refractivity contribution in [3.05, 3.63) is 47.8 Å². The maximum atomic E-state index is 12.8. The third kappa shape index (κ3) is 3.71. The van der Waals surface area contributed by atoms with Crippen LogP contribution in [0.1, 0.15) is 40.7 Å². The van der Waals surface area contributed by atoms with Crippen LogP contribution in [0.4, 0.5) is 0 Å². The van der Waals surface area contributed by atoms with Crippen LogP contribution in [0.3, 0.4) is 0 Å². The van der Waals surface area contributed by atoms with Crippen molar-refractivity contribution in [3.63, 3.8) is 0 Å². The molecule has 7 nitrogen and oxygen atoms in total. The second kappa shape index (κ2) is 7.48. The van der Waals surface area contributed by atoms with Gasteiger partial charge in [-0.2, -0.15) is 5.10 Å². The zero-order valence-electron chi connectivity index (χ0n) is 14.3. The summed E-state index contributed by atoms with van der Waals surface area (Å²) in [6.45, 7) is 2.64. The summed E-state index contributed by atoms with van der Waals surface area (Å²) in [5.74, 6) is -0.898. The zero-order valence-corrected chi connectivity index (χ0v) is 14.3. The molecule has 0 unspecified atom stereocenters. The van der Waals surface area contributed by atoms with Gasteiger partial charge in [0.2, 0.25) is 0 Å². The third-order valence-corrected chi connectivity index (χ3v) is 4.22. The molecule has 2 heterocycles. The molecule has 1 aliphatic rings. The molecule has 2 aromatic rings. The summed E-state index contributed by atoms with van der Waals surface area (Å²) in [4.78, 5) is 24.6. The first-order chi connectivity index (χ1) is 12.1. The molecule has 3 rings (SSSR count). The number of rotatable bonds is 5. The minimum absolute atomic E-state index is 0.0112. The van der Waals surface area contributed by atoms with E-state index in [0.29, 0.717) is 5.69 Å². The number of hydrogen-bond acceptors (Lipinski definition) is 5. The number of methoxy groups -OCH3 is 1. The molecule has 0 spiro atoms. The Morgan fingerprint density at radius 2 is 2.12 bits per heavy atom. The van der Waals surface area contributed by atoms with Gasteiger partial charge >= 0.3 is 5.97 Å². The lowest BCUT2D eigenvalue weighted by Gasteiger charge is -2.20. The molecule has 0 radical (unpaired) electrons. The van der Waals surface area contributed by atoms with E-state index < -0.39 is 5.97 Å². The van der Waals surface area contributed by atoms with E-state index in [-0.39, 0.29) is 29.4 Å². The van der Waals surface area contributed by atoms with Crippen molar-refractivity contribution in [1.29, 1.82) is 0 Å². The number of ether oxygens (including phenoxy) is 2. The normalized spacial score (nSPS) is 17.9. The Morgan fingerprint density at radius 1 is 1.36 bits per heavy atom. The van der Waals surface area contributed by atoms with Crippen molar-refractivity contribution in [1.82, 2.24) is 15.1 Å². The SMILES string of the molecule is COC(=O)c1cc(C(=O)N[C@@H](C)[C@H]2CCCO2)n(-c2ccccc2)n1. The average Bonchev–Trinajstić information content (AvgIpc) is 3.31. The van der Waals surface area contributed by atoms with Crippen LogP contribution < -0.4 is 5.32 Å². The van der Waals surface area contributed by atoms with E-state index in [9.17, 15) is 9.59 Å². The molecule has 1 aromatic heterocycles. The fourth-order valence-corrected chi connectivity index (χ4v) is 2.88. The quantitative estimate of drug-likeness (QED) is 0.839. The Balaban J connectivity index is 1.89. The number of esters is 1. The molecule has 0 aliphatic carbocycles. The maximum absolute atomic E-state index is 12.8. The highest BCUT2D eigenvalue weighted by molar-refractivity contribution is 5.96. The number of carbonyl (C=O) groups excluding carboxylic acids is 2. The molecular weight excluding hydrogens is 322 g/mol. The molecule has 2 atom stereocenters. The van der Waals surface area contributed by atoms with Crippen LogP contribution in [0.15, 0.2) is 36.4 Å². The summed E-state index contributed by atoms with van der Waals surface area (Å²) in [6.07, 6.45) is 1.93. The van der Waals surface area contributed by atoms with Crippen molar-refractivity contribution in [3.8, 4) is 5.69 Å². The minimum atomic E-state index is -0.587. The van der Waals surface area contributed by atoms with Gasteiger partial charge < -0.3 is 14.8 Å². The van der Waals surface area contributed by atoms with Crippen molar-refractivity contribution < 1.29 is 19.1 Å². The van der Waals surface area contributed by atoms with E-state index in [1.807, 2.05) is 37.3 Å². The lowest BCUT2D eigenvalue weighted by atomic mass is 10.1. The minimum Gasteiger partial charge on any atom is -0.464 e. The summed E-state index contributed by atoms with van der Waals surface area (Å²) >= 11 is 0. The van der Waals surface area contributed by atoms with Crippen molar-refractivity contribution in [2.24, 2.45) is 0 Å². The fraction of sp³-hybridized carbons (Fsp3) is 0.389. The van der Waals surface area contributed by atoms with Crippen LogP contribution in [-0.2, 0) is 9.47 Å². The van der Waals surface area contributed by atoms with Crippen LogP contribution in [0, 0.1) is 0 Å². The molecule has 1 saturated heterocycles. The summed E-state index contributed by atoms with van der Waals surface area (Å²) in [5.41, 5.74) is 1.05. The highest BCUT2D eigenvalue weighted by atomic mass is 16.5. The third-order valence-electron chi connectivity index (χ3n) is 4.22. The number of amides is 1. The van der Waals surface area contributed by atoms with Gasteiger partial charge in [-0.25, -0.2) is 9.48 Å². The van der Waals surface area contributed by atoms with Crippen LogP contribution in [0.25, 0.3) is 5.69 Å². The number of hydrogen-bond donors (Lipinski definition) is 1. The number of para-hydroxylation sites is 1. The van der Waals surface area contributed by atoms with Gasteiger partial charge in [-0.1, -0.05) is 18.2 Å². The van der Waals surface area contributed by atoms with E-state index in [0.717, 1.165) is 19.4 Å². The monoisotopic (exact) mass is 343 g/mol. The number of aromatic nitrogens is 2. The summed E-state index contributed by atoms with van der Waals surface area (Å²) in [5, 5.41) is 7.17. The Bertz CT molecular complexity index is 751. The van der Waals surface area contributed by atoms with Gasteiger partial charge in [-0.05, 0) is 31.9 Å². The average molecular weight is 343 g/mol. The lowest BCUT2D eigenvalue weighted by molar-refractivity contribution is 0.0593. The van der Waals surface area contributed by atoms with Crippen LogP contribution in [0.5, 0.6) is 0 Å². The topological polar surface area (TPSA) is 82.5 Å². The molecule has 0 saturated carbocycles. The van der Waals surface area contributed by atoms with E-state index in [1.165, 1.54) is 17.9 Å². The zero-order chi connectivity index (χ0) is 17.8. The van der Waals surface area contributed by atoms with Crippen molar-refractivity contribution in [2.45, 2.75) is 31.9 Å². The van der Waals surface area contributed by atoms with Crippen LogP contribution in [0.2, 0.25) is 0 Å². The number of nitrogens with one attached hydrogen (secondary N) is 1. The molecule has 1 N–H and O–H groups in total. The van der Waals surface area contributed by atoms with Crippen LogP contribution >= 0.6 is 0 Å². The smallest absolute Gasteiger partial charge is 0.358 e. The molecule has 7 heteroatoms. The first-order valence-corrected chi connectivity index (χ1v) is 8.26. The first-order valence-electron chi connectivity index (χ1n) is 8.26. The molecule has 1 aromatic carbocycles. The maximum Gasteiger partial charge on any atom is 0.358 e. The second-order valence-electron chi connectivity index (χ2n) is 5.97. The van der Waals surface area contributed by atoms with Gasteiger partial charge in [-0.15, -0.1) is 0 Å². The first kappa shape index (κ1) is 17.2. The molecule has 1 fully saturated rings. The van der Waals surface area contributed by atoms with E-state index >= 15 is 0 Å². The lowest BCUT2D eigenvalue weighted by Crippen LogP contribution is -2.41. The fourth-order valence-electron chi connectivity index (χ4n) is 2.88. The van der Waals surface area contributed by atoms with Gasteiger partial charge in [0, 0.05) is 12.7 Å². The Hall–Kier alpha value is -2.67. The summed E-state index contributed by atoms with van der Waals surface area (Å²) in [6, 6.07) is 10.5. The van der Waals surface area contributed by atoms with E-state index in [2.05, 4.69) is 10.4 Å². The van der Waals surface area contributed by atoms with E-state index in [4.69, 9.17) is 9.47 Å². The molecule has 132 valence electrons. The van der Waals surface area contributed by atoms with Crippen molar-refractivity contribution in [2.75, 3.05) is 13.7 Å². The van der Waals surface area contributed by atoms with Gasteiger partial charge in [0.05, 0.1) is 24.9 Å². The van der Waals surface area contributed by atoms with Gasteiger partial charge in [0.15, 0.2) is 5.69 Å². The Labute approximate surface area is 145 Å². The summed E-state index contributed by atoms with van der Waals surface area (Å²) in [7, 11) is 1.28. The predicted molar refractivity (Wildman–Crippen MR) is 90.8 cm³/mol.